The lowest BCUT2D eigenvalue weighted by Crippen LogP contribution is -2.59. The molecule has 46 heavy (non-hydrogen) atoms. The minimum absolute atomic E-state index is 0.0322. The number of nitrogens with one attached hydrogen (secondary N) is 1. The fourth-order valence-corrected chi connectivity index (χ4v) is 7.98. The molecule has 6 atom stereocenters. The Morgan fingerprint density at radius 3 is 2.43 bits per heavy atom. The first-order chi connectivity index (χ1) is 21.8. The van der Waals surface area contributed by atoms with Gasteiger partial charge in [0, 0.05) is 31.7 Å². The van der Waals surface area contributed by atoms with Crippen LogP contribution in [0.4, 0.5) is 0 Å². The van der Waals surface area contributed by atoms with Crippen molar-refractivity contribution in [3.05, 3.63) is 60.2 Å². The van der Waals surface area contributed by atoms with Crippen LogP contribution in [0, 0.1) is 17.3 Å². The van der Waals surface area contributed by atoms with E-state index in [1.165, 1.54) is 0 Å². The molecule has 5 rings (SSSR count). The summed E-state index contributed by atoms with van der Waals surface area (Å²) >= 11 is 0. The van der Waals surface area contributed by atoms with Crippen LogP contribution in [-0.4, -0.2) is 88.1 Å². The highest BCUT2D eigenvalue weighted by Crippen LogP contribution is 2.54. The molecule has 10 nitrogen and oxygen atoms in total. The molecule has 250 valence electrons. The maximum atomic E-state index is 14.8. The van der Waals surface area contributed by atoms with Gasteiger partial charge in [-0.15, -0.1) is 0 Å². The van der Waals surface area contributed by atoms with Crippen LogP contribution in [0.3, 0.4) is 0 Å². The highest BCUT2D eigenvalue weighted by Gasteiger charge is 2.72. The molecule has 1 spiro atoms. The van der Waals surface area contributed by atoms with E-state index in [4.69, 9.17) is 9.47 Å². The molecule has 1 aromatic carbocycles. The molecular formula is C36H49N3O7. The Hall–Kier alpha value is -3.50. The number of hydrogen-bond acceptors (Lipinski definition) is 7. The van der Waals surface area contributed by atoms with Crippen molar-refractivity contribution in [2.75, 3.05) is 26.2 Å². The lowest BCUT2D eigenvalue weighted by atomic mass is 9.77. The van der Waals surface area contributed by atoms with Crippen LogP contribution in [-0.2, 0) is 28.7 Å². The van der Waals surface area contributed by atoms with Crippen molar-refractivity contribution in [2.45, 2.75) is 96.1 Å². The molecule has 1 aromatic rings. The molecule has 4 aliphatic heterocycles. The zero-order valence-electron chi connectivity index (χ0n) is 27.7. The number of hydrogen-bond donors (Lipinski definition) is 2. The van der Waals surface area contributed by atoms with Crippen LogP contribution in [0.2, 0.25) is 0 Å². The summed E-state index contributed by atoms with van der Waals surface area (Å²) in [5, 5.41) is 12.4. The van der Waals surface area contributed by atoms with Gasteiger partial charge in [0.2, 0.25) is 17.7 Å². The average molecular weight is 636 g/mol. The number of benzene rings is 1. The Morgan fingerprint density at radius 1 is 1.00 bits per heavy atom. The quantitative estimate of drug-likeness (QED) is 0.266. The van der Waals surface area contributed by atoms with Gasteiger partial charge in [0.25, 0.3) is 0 Å². The molecular weight excluding hydrogens is 586 g/mol. The Balaban J connectivity index is 1.58. The van der Waals surface area contributed by atoms with E-state index in [0.717, 1.165) is 12.0 Å². The first-order valence-electron chi connectivity index (χ1n) is 16.6. The number of allylic oxidation sites excluding steroid dienone is 1. The Bertz CT molecular complexity index is 1370. The van der Waals surface area contributed by atoms with Gasteiger partial charge in [0.05, 0.1) is 18.6 Å². The molecule has 0 radical (unpaired) electrons. The monoisotopic (exact) mass is 635 g/mol. The number of unbranched alkanes of at least 4 members (excludes halogenated alkanes) is 1. The predicted molar refractivity (Wildman–Crippen MR) is 172 cm³/mol. The summed E-state index contributed by atoms with van der Waals surface area (Å²) < 4.78 is 12.9. The molecule has 2 N–H and O–H groups in total. The molecule has 0 bridgehead atoms. The van der Waals surface area contributed by atoms with Crippen LogP contribution >= 0.6 is 0 Å². The first-order valence-corrected chi connectivity index (χ1v) is 16.6. The van der Waals surface area contributed by atoms with Gasteiger partial charge < -0.3 is 29.7 Å². The van der Waals surface area contributed by atoms with Gasteiger partial charge in [-0.05, 0) is 50.5 Å². The minimum Gasteiger partial charge on any atom is -0.455 e. The third-order valence-corrected chi connectivity index (χ3v) is 9.54. The van der Waals surface area contributed by atoms with Crippen LogP contribution < -0.4 is 5.32 Å². The molecule has 0 aromatic heterocycles. The summed E-state index contributed by atoms with van der Waals surface area (Å²) in [5.74, 6) is -3.32. The molecule has 4 heterocycles. The average Bonchev–Trinajstić information content (AvgIpc) is 3.36. The maximum Gasteiger partial charge on any atom is 0.313 e. The second kappa shape index (κ2) is 13.3. The van der Waals surface area contributed by atoms with Crippen molar-refractivity contribution in [3.63, 3.8) is 0 Å². The number of esters is 1. The fourth-order valence-electron chi connectivity index (χ4n) is 7.98. The summed E-state index contributed by atoms with van der Waals surface area (Å²) in [4.78, 5) is 59.6. The number of rotatable bonds is 7. The van der Waals surface area contributed by atoms with Crippen LogP contribution in [0.5, 0.6) is 0 Å². The molecule has 4 aliphatic rings. The van der Waals surface area contributed by atoms with Crippen molar-refractivity contribution in [2.24, 2.45) is 17.3 Å². The van der Waals surface area contributed by atoms with Crippen molar-refractivity contribution in [1.82, 2.24) is 15.1 Å². The fraction of sp³-hybridized carbons (Fsp3) is 0.611. The van der Waals surface area contributed by atoms with Gasteiger partial charge in [-0.3, -0.25) is 19.2 Å². The van der Waals surface area contributed by atoms with Gasteiger partial charge >= 0.3 is 5.97 Å². The number of fused-ring (bicyclic) bond motifs is 2. The van der Waals surface area contributed by atoms with Gasteiger partial charge in [0.1, 0.15) is 23.7 Å². The smallest absolute Gasteiger partial charge is 0.313 e. The SMILES string of the molecule is CC(C)(C)CC(C)(C)N1CC=C[C@@]23O[C@H]4/C=C\CCC(=O)NC[C@H](c5ccccc5)OC(=O)[C@H]4[C@@H]2C(=O)N(CCCCO)[C@H]3C1=O. The Kier molecular flexibility index (Phi) is 9.80. The van der Waals surface area contributed by atoms with E-state index >= 15 is 0 Å². The van der Waals surface area contributed by atoms with Gasteiger partial charge in [-0.25, -0.2) is 0 Å². The number of carbonyl (C=O) groups excluding carboxylic acids is 4. The van der Waals surface area contributed by atoms with Gasteiger partial charge in [0.15, 0.2) is 0 Å². The summed E-state index contributed by atoms with van der Waals surface area (Å²) in [6.45, 7) is 11.2. The van der Waals surface area contributed by atoms with E-state index < -0.39 is 47.2 Å². The molecule has 0 unspecified atom stereocenters. The van der Waals surface area contributed by atoms with E-state index in [2.05, 4.69) is 26.1 Å². The van der Waals surface area contributed by atoms with Crippen LogP contribution in [0.15, 0.2) is 54.6 Å². The molecule has 10 heteroatoms. The Morgan fingerprint density at radius 2 is 1.74 bits per heavy atom. The summed E-state index contributed by atoms with van der Waals surface area (Å²) in [7, 11) is 0. The van der Waals surface area contributed by atoms with E-state index in [-0.39, 0.29) is 49.3 Å². The second-order valence-electron chi connectivity index (χ2n) is 14.8. The molecule has 0 aliphatic carbocycles. The van der Waals surface area contributed by atoms with Crippen LogP contribution in [0.25, 0.3) is 0 Å². The van der Waals surface area contributed by atoms with Gasteiger partial charge in [-0.1, -0.05) is 75.4 Å². The zero-order valence-corrected chi connectivity index (χ0v) is 27.7. The third kappa shape index (κ3) is 6.65. The first kappa shape index (κ1) is 33.9. The zero-order chi connectivity index (χ0) is 33.3. The lowest BCUT2D eigenvalue weighted by Gasteiger charge is -2.44. The van der Waals surface area contributed by atoms with Crippen molar-refractivity contribution < 1.29 is 33.8 Å². The van der Waals surface area contributed by atoms with E-state index in [1.807, 2.05) is 61.2 Å². The Labute approximate surface area is 272 Å². The number of likely N-dealkylation sites (tertiary alicyclic amines) is 1. The standard InChI is InChI=1S/C36H49N3O7/c1-34(2,3)23-35(4,5)39-20-13-18-36-29(31(42)38(19-11-12-21-40)30(36)32(39)43)28-25(46-36)16-9-10-17-27(41)37-22-26(45-33(28)44)24-14-7-6-8-15-24/h6-9,13-16,18,25-26,28-30,40H,10-12,17,19-23H2,1-5H3,(H,37,41)/b16-9-/t25-,26+,28+,29+,30-,36+/m0/s1. The predicted octanol–water partition coefficient (Wildman–Crippen LogP) is 3.70. The number of nitrogens with zero attached hydrogens (tertiary/aromatic N) is 2. The number of aliphatic hydroxyl groups is 1. The molecule has 2 saturated heterocycles. The van der Waals surface area contributed by atoms with Crippen molar-refractivity contribution in [1.29, 1.82) is 0 Å². The number of cyclic esters (lactones) is 1. The van der Waals surface area contributed by atoms with E-state index in [1.54, 1.807) is 17.1 Å². The highest BCUT2D eigenvalue weighted by molar-refractivity contribution is 5.99. The number of amides is 3. The third-order valence-electron chi connectivity index (χ3n) is 9.54. The highest BCUT2D eigenvalue weighted by atomic mass is 16.6. The van der Waals surface area contributed by atoms with Crippen molar-refractivity contribution in [3.8, 4) is 0 Å². The molecule has 2 fully saturated rings. The molecule has 3 amide bonds. The van der Waals surface area contributed by atoms with Crippen LogP contribution in [0.1, 0.15) is 78.4 Å². The number of carbonyl (C=O) groups is 4. The number of ether oxygens (including phenoxy) is 2. The largest absolute Gasteiger partial charge is 0.455 e. The summed E-state index contributed by atoms with van der Waals surface area (Å²) in [5.41, 5.74) is -1.26. The van der Waals surface area contributed by atoms with Crippen molar-refractivity contribution >= 4 is 23.7 Å². The summed E-state index contributed by atoms with van der Waals surface area (Å²) in [6, 6.07) is 8.22. The second-order valence-corrected chi connectivity index (χ2v) is 14.8. The molecule has 0 saturated carbocycles. The minimum atomic E-state index is -1.39. The van der Waals surface area contributed by atoms with E-state index in [0.29, 0.717) is 25.8 Å². The van der Waals surface area contributed by atoms with Gasteiger partial charge in [-0.2, -0.15) is 0 Å². The normalized spacial score (nSPS) is 31.2. The maximum absolute atomic E-state index is 14.8. The topological polar surface area (TPSA) is 125 Å². The lowest BCUT2D eigenvalue weighted by molar-refractivity contribution is -0.160. The summed E-state index contributed by atoms with van der Waals surface area (Å²) in [6.07, 6.45) is 8.05. The van der Waals surface area contributed by atoms with E-state index in [9.17, 15) is 24.3 Å². The number of aliphatic hydroxyl groups excluding tert-OH is 1.